The van der Waals surface area contributed by atoms with Gasteiger partial charge in [-0.05, 0) is 89.8 Å². The van der Waals surface area contributed by atoms with E-state index in [0.717, 1.165) is 84.4 Å². The summed E-state index contributed by atoms with van der Waals surface area (Å²) < 4.78 is 24.2. The molecule has 1 aliphatic carbocycles. The summed E-state index contributed by atoms with van der Waals surface area (Å²) >= 11 is 0. The first-order valence-electron chi connectivity index (χ1n) is 16.2. The molecule has 1 spiro atoms. The maximum atomic E-state index is 13.3. The molecular weight excluding hydrogens is 562 g/mol. The molecule has 4 aromatic carbocycles. The van der Waals surface area contributed by atoms with Gasteiger partial charge in [-0.2, -0.15) is 0 Å². The van der Waals surface area contributed by atoms with E-state index in [0.29, 0.717) is 19.1 Å². The summed E-state index contributed by atoms with van der Waals surface area (Å²) in [6, 6.07) is 33.3. The van der Waals surface area contributed by atoms with E-state index < -0.39 is 11.2 Å². The first kappa shape index (κ1) is 30.0. The number of hydrogen-bond donors (Lipinski definition) is 1. The van der Waals surface area contributed by atoms with Crippen LogP contribution in [-0.2, 0) is 45.0 Å². The Morgan fingerprint density at radius 2 is 1.58 bits per heavy atom. The zero-order chi connectivity index (χ0) is 30.9. The molecule has 2 unspecified atom stereocenters. The molecule has 45 heavy (non-hydrogen) atoms. The van der Waals surface area contributed by atoms with Gasteiger partial charge in [0.2, 0.25) is 0 Å². The van der Waals surface area contributed by atoms with Crippen LogP contribution in [0.4, 0.5) is 5.69 Å². The molecule has 7 rings (SSSR count). The molecule has 0 saturated carbocycles. The smallest absolute Gasteiger partial charge is 0.159 e. The minimum Gasteiger partial charge on any atom is -0.489 e. The van der Waals surface area contributed by atoms with Gasteiger partial charge in [0, 0.05) is 38.9 Å². The summed E-state index contributed by atoms with van der Waals surface area (Å²) in [7, 11) is 3.43. The summed E-state index contributed by atoms with van der Waals surface area (Å²) in [5, 5.41) is 13.3. The highest BCUT2D eigenvalue weighted by molar-refractivity contribution is 5.56. The number of ether oxygens (including phenoxy) is 4. The van der Waals surface area contributed by atoms with Crippen molar-refractivity contribution in [3.05, 3.63) is 130 Å². The monoisotopic (exact) mass is 605 g/mol. The van der Waals surface area contributed by atoms with Crippen LogP contribution in [0.2, 0.25) is 0 Å². The van der Waals surface area contributed by atoms with Crippen molar-refractivity contribution < 1.29 is 24.1 Å². The van der Waals surface area contributed by atoms with Crippen LogP contribution in [0.25, 0.3) is 0 Å². The number of aliphatic hydroxyl groups is 1. The first-order valence-corrected chi connectivity index (χ1v) is 16.2. The van der Waals surface area contributed by atoms with Crippen molar-refractivity contribution in [2.75, 3.05) is 32.2 Å². The molecule has 3 aliphatic rings. The molecule has 1 N–H and O–H groups in total. The predicted molar refractivity (Wildman–Crippen MR) is 175 cm³/mol. The van der Waals surface area contributed by atoms with Crippen LogP contribution in [0.5, 0.6) is 5.75 Å². The Labute approximate surface area is 266 Å². The number of anilines is 1. The highest BCUT2D eigenvalue weighted by atomic mass is 16.7. The van der Waals surface area contributed by atoms with E-state index in [9.17, 15) is 5.11 Å². The average Bonchev–Trinajstić information content (AvgIpc) is 3.10. The van der Waals surface area contributed by atoms with Crippen molar-refractivity contribution in [3.8, 4) is 5.75 Å². The largest absolute Gasteiger partial charge is 0.489 e. The molecular formula is C39H43NO5. The van der Waals surface area contributed by atoms with Crippen LogP contribution < -0.4 is 9.64 Å². The standard InChI is InChI=1S/C39H43NO5/c1-42-37(43-2)30-20-23-40(24-21-30)33-16-14-32(15-17-33)39(41)36-19-18-34(44-26-28-9-4-3-5-10-28)25-31(36)27-45-38(39)22-8-12-29-11-6-7-13-35(29)38/h3-7,9-11,13-19,25,30,37,41H,8,12,20-24,26-27H2,1-2H3. The third-order valence-corrected chi connectivity index (χ3v) is 10.2. The average molecular weight is 606 g/mol. The second kappa shape index (κ2) is 12.6. The summed E-state index contributed by atoms with van der Waals surface area (Å²) in [5.41, 5.74) is 5.01. The molecule has 0 radical (unpaired) electrons. The van der Waals surface area contributed by atoms with Crippen molar-refractivity contribution in [1.82, 2.24) is 0 Å². The maximum Gasteiger partial charge on any atom is 0.159 e. The number of piperidine rings is 1. The molecule has 2 heterocycles. The number of fused-ring (bicyclic) bond motifs is 3. The van der Waals surface area contributed by atoms with Gasteiger partial charge in [-0.3, -0.25) is 0 Å². The minimum absolute atomic E-state index is 0.158. The Bertz CT molecular complexity index is 1600. The van der Waals surface area contributed by atoms with Crippen LogP contribution in [0, 0.1) is 5.92 Å². The predicted octanol–water partition coefficient (Wildman–Crippen LogP) is 7.10. The second-order valence-electron chi connectivity index (χ2n) is 12.6. The van der Waals surface area contributed by atoms with Gasteiger partial charge in [0.05, 0.1) is 6.61 Å². The van der Waals surface area contributed by atoms with Crippen LogP contribution >= 0.6 is 0 Å². The fraction of sp³-hybridized carbons (Fsp3) is 0.385. The van der Waals surface area contributed by atoms with Crippen LogP contribution in [0.1, 0.15) is 59.1 Å². The summed E-state index contributed by atoms with van der Waals surface area (Å²) in [6.45, 7) is 2.77. The summed E-state index contributed by atoms with van der Waals surface area (Å²) in [6.07, 6.45) is 4.53. The third kappa shape index (κ3) is 5.34. The molecule has 234 valence electrons. The highest BCUT2D eigenvalue weighted by Gasteiger charge is 2.59. The number of aryl methyl sites for hydroxylation is 1. The Morgan fingerprint density at radius 1 is 0.844 bits per heavy atom. The molecule has 6 nitrogen and oxygen atoms in total. The lowest BCUT2D eigenvalue weighted by molar-refractivity contribution is -0.206. The van der Waals surface area contributed by atoms with Crippen molar-refractivity contribution in [1.29, 1.82) is 0 Å². The lowest BCUT2D eigenvalue weighted by Gasteiger charge is -2.53. The van der Waals surface area contributed by atoms with E-state index in [-0.39, 0.29) is 6.29 Å². The Hall–Kier alpha value is -3.68. The molecule has 6 heteroatoms. The minimum atomic E-state index is -1.38. The van der Waals surface area contributed by atoms with Crippen molar-refractivity contribution in [2.24, 2.45) is 5.92 Å². The van der Waals surface area contributed by atoms with Crippen molar-refractivity contribution >= 4 is 5.69 Å². The molecule has 0 bridgehead atoms. The molecule has 1 saturated heterocycles. The van der Waals surface area contributed by atoms with Gasteiger partial charge < -0.3 is 29.0 Å². The van der Waals surface area contributed by atoms with E-state index in [1.165, 1.54) is 5.56 Å². The number of hydrogen-bond acceptors (Lipinski definition) is 6. The van der Waals surface area contributed by atoms with E-state index in [4.69, 9.17) is 18.9 Å². The van der Waals surface area contributed by atoms with Crippen LogP contribution in [-0.4, -0.2) is 38.7 Å². The normalized spacial score (nSPS) is 23.2. The third-order valence-electron chi connectivity index (χ3n) is 10.2. The lowest BCUT2D eigenvalue weighted by atomic mass is 9.62. The maximum absolute atomic E-state index is 13.3. The second-order valence-corrected chi connectivity index (χ2v) is 12.6. The highest BCUT2D eigenvalue weighted by Crippen LogP contribution is 2.57. The van der Waals surface area contributed by atoms with Crippen LogP contribution in [0.3, 0.4) is 0 Å². The van der Waals surface area contributed by atoms with E-state index in [2.05, 4.69) is 71.6 Å². The van der Waals surface area contributed by atoms with Crippen molar-refractivity contribution in [3.63, 3.8) is 0 Å². The zero-order valence-electron chi connectivity index (χ0n) is 26.3. The Balaban J connectivity index is 1.23. The van der Waals surface area contributed by atoms with Gasteiger partial charge in [-0.25, -0.2) is 0 Å². The van der Waals surface area contributed by atoms with Gasteiger partial charge in [0.15, 0.2) is 6.29 Å². The zero-order valence-corrected chi connectivity index (χ0v) is 26.3. The Morgan fingerprint density at radius 3 is 2.33 bits per heavy atom. The number of methoxy groups -OCH3 is 2. The SMILES string of the molecule is COC(OC)C1CCN(c2ccc(C3(O)c4ccc(OCc5ccccc5)cc4COC34CCCc3ccccc34)cc2)CC1. The van der Waals surface area contributed by atoms with Gasteiger partial charge >= 0.3 is 0 Å². The molecule has 2 aliphatic heterocycles. The van der Waals surface area contributed by atoms with E-state index >= 15 is 0 Å². The van der Waals surface area contributed by atoms with Gasteiger partial charge in [0.1, 0.15) is 23.6 Å². The summed E-state index contributed by atoms with van der Waals surface area (Å²) in [4.78, 5) is 2.42. The number of benzene rings is 4. The quantitative estimate of drug-likeness (QED) is 0.216. The molecule has 0 aromatic heterocycles. The molecule has 1 fully saturated rings. The number of rotatable bonds is 8. The summed E-state index contributed by atoms with van der Waals surface area (Å²) in [5.74, 6) is 1.16. The van der Waals surface area contributed by atoms with Crippen molar-refractivity contribution in [2.45, 2.75) is 62.8 Å². The van der Waals surface area contributed by atoms with Gasteiger partial charge in [-0.15, -0.1) is 0 Å². The fourth-order valence-corrected chi connectivity index (χ4v) is 7.93. The van der Waals surface area contributed by atoms with Gasteiger partial charge in [-0.1, -0.05) is 72.8 Å². The fourth-order valence-electron chi connectivity index (χ4n) is 7.93. The van der Waals surface area contributed by atoms with E-state index in [1.54, 1.807) is 14.2 Å². The molecule has 2 atom stereocenters. The topological polar surface area (TPSA) is 60.4 Å². The molecule has 4 aromatic rings. The Kier molecular flexibility index (Phi) is 8.40. The van der Waals surface area contributed by atoms with E-state index in [1.807, 2.05) is 30.3 Å². The lowest BCUT2D eigenvalue weighted by Crippen LogP contribution is -2.56. The first-order chi connectivity index (χ1) is 22.1. The molecule has 0 amide bonds. The van der Waals surface area contributed by atoms with Crippen LogP contribution in [0.15, 0.2) is 97.1 Å². The number of nitrogens with zero attached hydrogens (tertiary/aromatic N) is 1. The van der Waals surface area contributed by atoms with Gasteiger partial charge in [0.25, 0.3) is 0 Å².